The van der Waals surface area contributed by atoms with Gasteiger partial charge >= 0.3 is 21.7 Å². The number of hydrogen-bond acceptors (Lipinski definition) is 0. The van der Waals surface area contributed by atoms with Crippen molar-refractivity contribution < 1.29 is 21.7 Å². The van der Waals surface area contributed by atoms with E-state index in [2.05, 4.69) is 26.1 Å². The summed E-state index contributed by atoms with van der Waals surface area (Å²) in [7, 11) is 1.83. The van der Waals surface area contributed by atoms with Crippen molar-refractivity contribution in [1.29, 1.82) is 0 Å². The summed E-state index contributed by atoms with van der Waals surface area (Å²) < 4.78 is 0. The SMILES string of the molecule is C[N-]C(C)(C)C.[CH3-].[CH3-].[CH3-].[Ti+4]. The Balaban J connectivity index is -0.0000000208. The molecule has 0 atom stereocenters. The van der Waals surface area contributed by atoms with Gasteiger partial charge in [0.05, 0.1) is 0 Å². The summed E-state index contributed by atoms with van der Waals surface area (Å²) in [5.74, 6) is 0. The van der Waals surface area contributed by atoms with E-state index >= 15 is 0 Å². The van der Waals surface area contributed by atoms with Crippen LogP contribution in [0.25, 0.3) is 5.32 Å². The van der Waals surface area contributed by atoms with Crippen molar-refractivity contribution >= 4 is 0 Å². The summed E-state index contributed by atoms with van der Waals surface area (Å²) >= 11 is 0. The predicted octanol–water partition coefficient (Wildman–Crippen LogP) is 3.14. The largest absolute Gasteiger partial charge is 4.00 e. The van der Waals surface area contributed by atoms with Gasteiger partial charge in [0.15, 0.2) is 0 Å². The zero-order chi connectivity index (χ0) is 5.21. The molecule has 0 bridgehead atoms. The zero-order valence-corrected chi connectivity index (χ0v) is 10.0. The van der Waals surface area contributed by atoms with Crippen LogP contribution in [-0.4, -0.2) is 12.6 Å². The summed E-state index contributed by atoms with van der Waals surface area (Å²) in [6.07, 6.45) is 0. The molecule has 10 heavy (non-hydrogen) atoms. The molecular formula is C8H21NTi. The van der Waals surface area contributed by atoms with Crippen molar-refractivity contribution in [3.05, 3.63) is 27.6 Å². The first kappa shape index (κ1) is 31.0. The smallest absolute Gasteiger partial charge is 0.660 e. The topological polar surface area (TPSA) is 14.1 Å². The first-order valence-electron chi connectivity index (χ1n) is 2.17. The van der Waals surface area contributed by atoms with Crippen LogP contribution in [0.3, 0.4) is 0 Å². The van der Waals surface area contributed by atoms with E-state index in [-0.39, 0.29) is 49.5 Å². The zero-order valence-electron chi connectivity index (χ0n) is 8.45. The quantitative estimate of drug-likeness (QED) is 0.400. The van der Waals surface area contributed by atoms with Gasteiger partial charge in [-0.15, -0.1) is 5.54 Å². The summed E-state index contributed by atoms with van der Waals surface area (Å²) in [5, 5.41) is 4.02. The van der Waals surface area contributed by atoms with Gasteiger partial charge in [0, 0.05) is 0 Å². The molecule has 0 aromatic carbocycles. The maximum Gasteiger partial charge on any atom is 4.00 e. The number of nitrogens with zero attached hydrogens (tertiary/aromatic N) is 1. The molecule has 0 saturated heterocycles. The molecule has 0 heterocycles. The third kappa shape index (κ3) is 37.8. The molecule has 0 aliphatic rings. The maximum atomic E-state index is 4.02. The maximum absolute atomic E-state index is 4.02. The monoisotopic (exact) mass is 179 g/mol. The molecule has 0 N–H and O–H groups in total. The fourth-order valence-electron chi connectivity index (χ4n) is 0. The van der Waals surface area contributed by atoms with Crippen LogP contribution in [0.15, 0.2) is 0 Å². The first-order chi connectivity index (χ1) is 2.56. The van der Waals surface area contributed by atoms with Crippen molar-refractivity contribution in [3.63, 3.8) is 0 Å². The van der Waals surface area contributed by atoms with E-state index in [1.165, 1.54) is 0 Å². The second-order valence-corrected chi connectivity index (χ2v) is 2.39. The van der Waals surface area contributed by atoms with Gasteiger partial charge in [-0.1, -0.05) is 20.8 Å². The van der Waals surface area contributed by atoms with E-state index in [4.69, 9.17) is 0 Å². The molecule has 2 heteroatoms. The van der Waals surface area contributed by atoms with Gasteiger partial charge in [0.25, 0.3) is 0 Å². The molecule has 0 amide bonds. The minimum Gasteiger partial charge on any atom is -0.660 e. The van der Waals surface area contributed by atoms with Gasteiger partial charge in [0.1, 0.15) is 0 Å². The van der Waals surface area contributed by atoms with Crippen LogP contribution in [0.5, 0.6) is 0 Å². The van der Waals surface area contributed by atoms with Crippen molar-refractivity contribution in [1.82, 2.24) is 0 Å². The molecule has 1 nitrogen and oxygen atoms in total. The van der Waals surface area contributed by atoms with Gasteiger partial charge < -0.3 is 27.6 Å². The van der Waals surface area contributed by atoms with Crippen LogP contribution in [-0.2, 0) is 21.7 Å². The Hall–Kier alpha value is 0.674. The van der Waals surface area contributed by atoms with Crippen LogP contribution >= 0.6 is 0 Å². The molecule has 0 spiro atoms. The number of rotatable bonds is 0. The van der Waals surface area contributed by atoms with Gasteiger partial charge in [-0.25, -0.2) is 0 Å². The Labute approximate surface area is 82.9 Å². The Kier molecular flexibility index (Phi) is 38.3. The average molecular weight is 179 g/mol. The van der Waals surface area contributed by atoms with Gasteiger partial charge in [-0.2, -0.15) is 7.05 Å². The number of hydrogen-bond donors (Lipinski definition) is 0. The second kappa shape index (κ2) is 12.4. The normalized spacial score (nSPS) is 7.20. The van der Waals surface area contributed by atoms with Crippen LogP contribution in [0.1, 0.15) is 20.8 Å². The van der Waals surface area contributed by atoms with Crippen molar-refractivity contribution in [2.45, 2.75) is 26.3 Å². The van der Waals surface area contributed by atoms with E-state index < -0.39 is 0 Å². The Bertz CT molecular complexity index is 39.0. The molecule has 0 saturated carbocycles. The Morgan fingerprint density at radius 1 is 0.900 bits per heavy atom. The molecule has 0 aliphatic carbocycles. The second-order valence-electron chi connectivity index (χ2n) is 2.39. The van der Waals surface area contributed by atoms with Crippen molar-refractivity contribution in [2.24, 2.45) is 0 Å². The fraction of sp³-hybridized carbons (Fsp3) is 0.625. The summed E-state index contributed by atoms with van der Waals surface area (Å²) in [5.41, 5.74) is 0.167. The molecule has 0 radical (unpaired) electrons. The van der Waals surface area contributed by atoms with Crippen LogP contribution in [0.4, 0.5) is 0 Å². The molecule has 0 aliphatic heterocycles. The van der Waals surface area contributed by atoms with E-state index in [1.54, 1.807) is 0 Å². The van der Waals surface area contributed by atoms with Gasteiger partial charge in [0.2, 0.25) is 0 Å². The minimum absolute atomic E-state index is 0. The van der Waals surface area contributed by atoms with E-state index in [0.717, 1.165) is 0 Å². The van der Waals surface area contributed by atoms with Gasteiger partial charge in [-0.05, 0) is 0 Å². The predicted molar refractivity (Wildman–Crippen MR) is 48.3 cm³/mol. The third-order valence-corrected chi connectivity index (χ3v) is 0.671. The summed E-state index contributed by atoms with van der Waals surface area (Å²) in [6, 6.07) is 0. The molecule has 0 rings (SSSR count). The van der Waals surface area contributed by atoms with Crippen molar-refractivity contribution in [2.75, 3.05) is 7.05 Å². The van der Waals surface area contributed by atoms with Gasteiger partial charge in [-0.3, -0.25) is 0 Å². The molecule has 0 aromatic rings. The molecule has 0 fully saturated rings. The molecule has 0 aromatic heterocycles. The average Bonchev–Trinajstić information content (AvgIpc) is 1.35. The summed E-state index contributed by atoms with van der Waals surface area (Å²) in [6.45, 7) is 6.23. The molecular weight excluding hydrogens is 158 g/mol. The standard InChI is InChI=1S/C5H12N.3CH3.Ti/c1-5(2,3)6-4;;;;/h1-4H3;3*1H3;/q4*-1;+4. The van der Waals surface area contributed by atoms with E-state index in [1.807, 2.05) is 7.05 Å². The summed E-state index contributed by atoms with van der Waals surface area (Å²) in [4.78, 5) is 0. The van der Waals surface area contributed by atoms with Crippen LogP contribution in [0.2, 0.25) is 0 Å². The van der Waals surface area contributed by atoms with Crippen LogP contribution in [0, 0.1) is 22.3 Å². The first-order valence-corrected chi connectivity index (χ1v) is 2.17. The third-order valence-electron chi connectivity index (χ3n) is 0.671. The fourth-order valence-corrected chi connectivity index (χ4v) is 0. The molecule has 0 unspecified atom stereocenters. The Morgan fingerprint density at radius 3 is 1.00 bits per heavy atom. The van der Waals surface area contributed by atoms with E-state index in [9.17, 15) is 0 Å². The van der Waals surface area contributed by atoms with E-state index in [0.29, 0.717) is 0 Å². The Morgan fingerprint density at radius 2 is 1.00 bits per heavy atom. The minimum atomic E-state index is 0. The van der Waals surface area contributed by atoms with Crippen LogP contribution < -0.4 is 0 Å². The van der Waals surface area contributed by atoms with Crippen molar-refractivity contribution in [3.8, 4) is 0 Å². The molecule has 62 valence electrons.